The summed E-state index contributed by atoms with van der Waals surface area (Å²) < 4.78 is 0. The highest BCUT2D eigenvalue weighted by Crippen LogP contribution is 1.98. The Balaban J connectivity index is 4.28. The summed E-state index contributed by atoms with van der Waals surface area (Å²) in [6.45, 7) is 5.55. The van der Waals surface area contributed by atoms with Crippen LogP contribution in [0.3, 0.4) is 0 Å². The van der Waals surface area contributed by atoms with Crippen LogP contribution in [0.25, 0.3) is 0 Å². The third-order valence-electron chi connectivity index (χ3n) is 2.34. The second-order valence-corrected chi connectivity index (χ2v) is 3.63. The first-order valence-corrected chi connectivity index (χ1v) is 5.91. The lowest BCUT2D eigenvalue weighted by molar-refractivity contribution is -0.137. The number of hydrogen-bond donors (Lipinski definition) is 2. The number of nitrogens with one attached hydrogen (secondary N) is 1. The molecular weight excluding hydrogens is 234 g/mol. The third kappa shape index (κ3) is 6.53. The monoisotopic (exact) mass is 253 g/mol. The van der Waals surface area contributed by atoms with E-state index >= 15 is 0 Å². The number of nitriles is 1. The molecule has 0 fully saturated rings. The lowest BCUT2D eigenvalue weighted by Gasteiger charge is -2.15. The Labute approximate surface area is 107 Å². The van der Waals surface area contributed by atoms with E-state index in [2.05, 4.69) is 5.32 Å². The highest BCUT2D eigenvalue weighted by atomic mass is 16.4. The van der Waals surface area contributed by atoms with Crippen LogP contribution in [0.15, 0.2) is 11.8 Å². The van der Waals surface area contributed by atoms with Gasteiger partial charge in [0.2, 0.25) is 0 Å². The zero-order valence-electron chi connectivity index (χ0n) is 10.8. The second kappa shape index (κ2) is 9.05. The Morgan fingerprint density at radius 2 is 2.00 bits per heavy atom. The molecule has 1 amide bonds. The molecule has 0 bridgehead atoms. The van der Waals surface area contributed by atoms with E-state index in [4.69, 9.17) is 10.4 Å². The molecule has 0 rings (SSSR count). The van der Waals surface area contributed by atoms with Crippen LogP contribution in [0.4, 0.5) is 0 Å². The number of carbonyl (C=O) groups excluding carboxylic acids is 1. The van der Waals surface area contributed by atoms with Gasteiger partial charge >= 0.3 is 5.97 Å². The number of carbonyl (C=O) groups is 2. The molecule has 0 aliphatic heterocycles. The molecule has 2 N–H and O–H groups in total. The van der Waals surface area contributed by atoms with E-state index in [-0.39, 0.29) is 18.5 Å². The van der Waals surface area contributed by atoms with Crippen molar-refractivity contribution < 1.29 is 14.7 Å². The van der Waals surface area contributed by atoms with Gasteiger partial charge in [-0.3, -0.25) is 9.59 Å². The fourth-order valence-corrected chi connectivity index (χ4v) is 1.26. The summed E-state index contributed by atoms with van der Waals surface area (Å²) in [5.74, 6) is -1.36. The van der Waals surface area contributed by atoms with Gasteiger partial charge in [-0.2, -0.15) is 5.26 Å². The second-order valence-electron chi connectivity index (χ2n) is 3.63. The summed E-state index contributed by atoms with van der Waals surface area (Å²) in [7, 11) is 0. The summed E-state index contributed by atoms with van der Waals surface area (Å²) in [6.07, 6.45) is 1.87. The van der Waals surface area contributed by atoms with E-state index in [0.29, 0.717) is 19.5 Å². The zero-order chi connectivity index (χ0) is 14.0. The molecule has 0 unspecified atom stereocenters. The van der Waals surface area contributed by atoms with Crippen LogP contribution < -0.4 is 5.32 Å². The van der Waals surface area contributed by atoms with Crippen LogP contribution >= 0.6 is 0 Å². The van der Waals surface area contributed by atoms with Crippen LogP contribution in [0.1, 0.15) is 26.7 Å². The van der Waals surface area contributed by atoms with E-state index in [1.54, 1.807) is 0 Å². The van der Waals surface area contributed by atoms with E-state index in [1.807, 2.05) is 24.8 Å². The number of rotatable bonds is 8. The molecule has 100 valence electrons. The quantitative estimate of drug-likeness (QED) is 0.377. The highest BCUT2D eigenvalue weighted by Gasteiger charge is 2.09. The van der Waals surface area contributed by atoms with Crippen molar-refractivity contribution in [1.29, 1.82) is 5.26 Å². The number of aliphatic carboxylic acids is 1. The minimum atomic E-state index is -0.900. The maximum atomic E-state index is 11.6. The van der Waals surface area contributed by atoms with E-state index in [0.717, 1.165) is 0 Å². The minimum absolute atomic E-state index is 0.00191. The number of nitrogens with zero attached hydrogens (tertiary/aromatic N) is 2. The molecule has 0 aliphatic rings. The first-order valence-electron chi connectivity index (χ1n) is 5.91. The van der Waals surface area contributed by atoms with Crippen molar-refractivity contribution in [3.8, 4) is 6.07 Å². The maximum Gasteiger partial charge on any atom is 0.303 e. The first kappa shape index (κ1) is 16.0. The molecular formula is C12H19N3O3. The maximum absolute atomic E-state index is 11.6. The summed E-state index contributed by atoms with van der Waals surface area (Å²) in [4.78, 5) is 23.7. The van der Waals surface area contributed by atoms with Gasteiger partial charge in [0.15, 0.2) is 0 Å². The molecule has 0 radical (unpaired) electrons. The van der Waals surface area contributed by atoms with Gasteiger partial charge in [-0.15, -0.1) is 0 Å². The predicted octanol–water partition coefficient (Wildman–Crippen LogP) is 0.717. The van der Waals surface area contributed by atoms with Crippen molar-refractivity contribution in [3.63, 3.8) is 0 Å². The van der Waals surface area contributed by atoms with Crippen LogP contribution in [-0.4, -0.2) is 41.5 Å². The van der Waals surface area contributed by atoms with Crippen molar-refractivity contribution in [2.75, 3.05) is 19.6 Å². The van der Waals surface area contributed by atoms with Gasteiger partial charge < -0.3 is 15.3 Å². The Hall–Kier alpha value is -2.03. The fourth-order valence-electron chi connectivity index (χ4n) is 1.26. The van der Waals surface area contributed by atoms with E-state index in [1.165, 1.54) is 6.20 Å². The summed E-state index contributed by atoms with van der Waals surface area (Å²) in [6, 6.07) is 1.84. The Morgan fingerprint density at radius 1 is 1.39 bits per heavy atom. The van der Waals surface area contributed by atoms with Gasteiger partial charge in [0.05, 0.1) is 0 Å². The van der Waals surface area contributed by atoms with Crippen molar-refractivity contribution in [1.82, 2.24) is 10.2 Å². The van der Waals surface area contributed by atoms with Gasteiger partial charge in [-0.05, 0) is 20.3 Å². The lowest BCUT2D eigenvalue weighted by atomic mass is 10.2. The van der Waals surface area contributed by atoms with Crippen molar-refractivity contribution >= 4 is 11.9 Å². The van der Waals surface area contributed by atoms with Gasteiger partial charge in [-0.1, -0.05) is 0 Å². The average molecular weight is 253 g/mol. The molecule has 0 aliphatic carbocycles. The number of amides is 1. The number of carboxylic acids is 1. The van der Waals surface area contributed by atoms with Crippen LogP contribution in [0.5, 0.6) is 0 Å². The highest BCUT2D eigenvalue weighted by molar-refractivity contribution is 5.97. The molecule has 0 heterocycles. The van der Waals surface area contributed by atoms with Gasteiger partial charge in [0.1, 0.15) is 11.6 Å². The molecule has 0 aromatic heterocycles. The van der Waals surface area contributed by atoms with Crippen LogP contribution in [0, 0.1) is 11.3 Å². The Kier molecular flexibility index (Phi) is 8.03. The minimum Gasteiger partial charge on any atom is -0.481 e. The normalized spacial score (nSPS) is 10.6. The van der Waals surface area contributed by atoms with Crippen molar-refractivity contribution in [2.45, 2.75) is 26.7 Å². The van der Waals surface area contributed by atoms with Crippen LogP contribution in [-0.2, 0) is 9.59 Å². The smallest absolute Gasteiger partial charge is 0.303 e. The SMILES string of the molecule is CCN(/C=C(/C#N)C(=O)NCCCC(=O)O)CC. The molecule has 0 saturated carbocycles. The molecule has 0 aromatic rings. The molecule has 18 heavy (non-hydrogen) atoms. The summed E-state index contributed by atoms with van der Waals surface area (Å²) in [5.41, 5.74) is 0.0361. The molecule has 0 saturated heterocycles. The van der Waals surface area contributed by atoms with Gasteiger partial charge in [0, 0.05) is 32.3 Å². The van der Waals surface area contributed by atoms with Crippen molar-refractivity contribution in [2.24, 2.45) is 0 Å². The topological polar surface area (TPSA) is 93.4 Å². The average Bonchev–Trinajstić information content (AvgIpc) is 2.35. The van der Waals surface area contributed by atoms with E-state index in [9.17, 15) is 9.59 Å². The van der Waals surface area contributed by atoms with Gasteiger partial charge in [-0.25, -0.2) is 0 Å². The Bertz CT molecular complexity index is 354. The Morgan fingerprint density at radius 3 is 2.44 bits per heavy atom. The largest absolute Gasteiger partial charge is 0.481 e. The van der Waals surface area contributed by atoms with E-state index < -0.39 is 11.9 Å². The van der Waals surface area contributed by atoms with Crippen molar-refractivity contribution in [3.05, 3.63) is 11.8 Å². The number of carboxylic acid groups (broad SMARTS) is 1. The standard InChI is InChI=1S/C12H19N3O3/c1-3-15(4-2)9-10(8-13)12(18)14-7-5-6-11(16)17/h9H,3-7H2,1-2H3,(H,14,18)(H,16,17)/b10-9-. The molecule has 6 nitrogen and oxygen atoms in total. The summed E-state index contributed by atoms with van der Waals surface area (Å²) in [5, 5.41) is 19.8. The third-order valence-corrected chi connectivity index (χ3v) is 2.34. The fraction of sp³-hybridized carbons (Fsp3) is 0.583. The first-order chi connectivity index (χ1) is 8.54. The molecule has 0 spiro atoms. The molecule has 0 aromatic carbocycles. The molecule has 0 atom stereocenters. The van der Waals surface area contributed by atoms with Gasteiger partial charge in [0.25, 0.3) is 5.91 Å². The predicted molar refractivity (Wildman–Crippen MR) is 66.5 cm³/mol. The van der Waals surface area contributed by atoms with Crippen LogP contribution in [0.2, 0.25) is 0 Å². The summed E-state index contributed by atoms with van der Waals surface area (Å²) >= 11 is 0. The lowest BCUT2D eigenvalue weighted by Crippen LogP contribution is -2.28. The zero-order valence-corrected chi connectivity index (χ0v) is 10.8. The molecule has 6 heteroatoms. The number of hydrogen-bond acceptors (Lipinski definition) is 4.